The molecule has 0 unspecified atom stereocenters. The standard InChI is InChI=1S/C30H34ClO5P/c1-19-14-24(34-18-37(33)35-13-11-28(36-37)22-6-5-7-23(31)16-22)15-20(2)26(19)17-21-8-9-27(32)29-25(21)10-12-30(29,3)4/h5-9,14-16,28,32H,10-13,17-18H2,1-4H3/t28-,37+/m0/s1. The highest BCUT2D eigenvalue weighted by Crippen LogP contribution is 2.56. The quantitative estimate of drug-likeness (QED) is 0.319. The Hall–Kier alpha value is -2.30. The van der Waals surface area contributed by atoms with E-state index in [1.807, 2.05) is 36.4 Å². The highest BCUT2D eigenvalue weighted by molar-refractivity contribution is 7.53. The van der Waals surface area contributed by atoms with Crippen molar-refractivity contribution in [3.63, 3.8) is 0 Å². The smallest absolute Gasteiger partial charge is 0.368 e. The van der Waals surface area contributed by atoms with Gasteiger partial charge in [-0.05, 0) is 102 Å². The van der Waals surface area contributed by atoms with Gasteiger partial charge >= 0.3 is 7.60 Å². The summed E-state index contributed by atoms with van der Waals surface area (Å²) in [6, 6.07) is 15.3. The lowest BCUT2D eigenvalue weighted by Gasteiger charge is -2.30. The van der Waals surface area contributed by atoms with Crippen LogP contribution in [-0.2, 0) is 31.9 Å². The second kappa shape index (κ2) is 10.1. The van der Waals surface area contributed by atoms with E-state index in [2.05, 4.69) is 33.8 Å². The number of rotatable bonds is 6. The van der Waals surface area contributed by atoms with Crippen LogP contribution < -0.4 is 4.74 Å². The van der Waals surface area contributed by atoms with E-state index in [4.69, 9.17) is 25.4 Å². The maximum absolute atomic E-state index is 13.3. The van der Waals surface area contributed by atoms with Crippen LogP contribution in [-0.4, -0.2) is 18.1 Å². The Kier molecular flexibility index (Phi) is 7.19. The second-order valence-corrected chi connectivity index (χ2v) is 13.2. The first kappa shape index (κ1) is 26.3. The Bertz CT molecular complexity index is 1360. The molecule has 1 aliphatic heterocycles. The van der Waals surface area contributed by atoms with Crippen LogP contribution in [0.3, 0.4) is 0 Å². The number of aromatic hydroxyl groups is 1. The first-order valence-corrected chi connectivity index (χ1v) is 14.9. The van der Waals surface area contributed by atoms with Crippen LogP contribution in [0.25, 0.3) is 0 Å². The summed E-state index contributed by atoms with van der Waals surface area (Å²) in [5.41, 5.74) is 7.96. The number of phenols is 1. The Balaban J connectivity index is 1.30. The van der Waals surface area contributed by atoms with Crippen molar-refractivity contribution in [1.29, 1.82) is 0 Å². The summed E-state index contributed by atoms with van der Waals surface area (Å²) in [5, 5.41) is 11.1. The van der Waals surface area contributed by atoms with E-state index in [1.54, 1.807) is 6.07 Å². The largest absolute Gasteiger partial charge is 0.508 e. The molecule has 3 aromatic rings. The summed E-state index contributed by atoms with van der Waals surface area (Å²) in [7, 11) is -3.43. The summed E-state index contributed by atoms with van der Waals surface area (Å²) in [5.74, 6) is 1.04. The first-order valence-electron chi connectivity index (χ1n) is 12.8. The molecule has 0 bridgehead atoms. The average molecular weight is 541 g/mol. The fraction of sp³-hybridized carbons (Fsp3) is 0.400. The summed E-state index contributed by atoms with van der Waals surface area (Å²) in [6.45, 7) is 8.89. The van der Waals surface area contributed by atoms with Gasteiger partial charge in [-0.25, -0.2) is 0 Å². The number of phenolic OH excluding ortho intramolecular Hbond substituents is 1. The number of benzene rings is 3. The molecule has 5 nitrogen and oxygen atoms in total. The predicted octanol–water partition coefficient (Wildman–Crippen LogP) is 8.18. The van der Waals surface area contributed by atoms with E-state index in [1.165, 1.54) is 16.7 Å². The van der Waals surface area contributed by atoms with Crippen LogP contribution in [0.4, 0.5) is 0 Å². The molecule has 1 fully saturated rings. The molecule has 37 heavy (non-hydrogen) atoms. The van der Waals surface area contributed by atoms with Crippen molar-refractivity contribution in [3.05, 3.63) is 92.5 Å². The van der Waals surface area contributed by atoms with E-state index in [0.29, 0.717) is 29.5 Å². The van der Waals surface area contributed by atoms with Crippen LogP contribution in [0.15, 0.2) is 48.5 Å². The second-order valence-electron chi connectivity index (χ2n) is 10.8. The fourth-order valence-corrected chi connectivity index (χ4v) is 7.39. The third-order valence-corrected chi connectivity index (χ3v) is 9.50. The molecule has 0 saturated carbocycles. The van der Waals surface area contributed by atoms with E-state index in [0.717, 1.165) is 41.5 Å². The average Bonchev–Trinajstić information content (AvgIpc) is 3.17. The lowest BCUT2D eigenvalue weighted by molar-refractivity contribution is 0.0725. The van der Waals surface area contributed by atoms with Gasteiger partial charge in [-0.1, -0.05) is 43.6 Å². The van der Waals surface area contributed by atoms with E-state index in [9.17, 15) is 9.67 Å². The zero-order chi connectivity index (χ0) is 26.4. The Morgan fingerprint density at radius 2 is 1.89 bits per heavy atom. The minimum Gasteiger partial charge on any atom is -0.508 e. The molecule has 2 atom stereocenters. The van der Waals surface area contributed by atoms with E-state index in [-0.39, 0.29) is 17.9 Å². The number of halogens is 1. The molecule has 0 aromatic heterocycles. The molecule has 3 aromatic carbocycles. The molecule has 2 aliphatic rings. The van der Waals surface area contributed by atoms with Gasteiger partial charge in [0.25, 0.3) is 0 Å². The van der Waals surface area contributed by atoms with Gasteiger partial charge in [-0.15, -0.1) is 0 Å². The number of hydrogen-bond donors (Lipinski definition) is 1. The van der Waals surface area contributed by atoms with Crippen molar-refractivity contribution in [3.8, 4) is 11.5 Å². The topological polar surface area (TPSA) is 65.0 Å². The lowest BCUT2D eigenvalue weighted by Crippen LogP contribution is -2.17. The Labute approximate surface area is 224 Å². The monoisotopic (exact) mass is 540 g/mol. The Morgan fingerprint density at radius 1 is 1.14 bits per heavy atom. The molecule has 1 aliphatic carbocycles. The third-order valence-electron chi connectivity index (χ3n) is 7.67. The van der Waals surface area contributed by atoms with Crippen LogP contribution >= 0.6 is 19.2 Å². The van der Waals surface area contributed by atoms with Crippen LogP contribution in [0.2, 0.25) is 5.02 Å². The van der Waals surface area contributed by atoms with Crippen molar-refractivity contribution in [2.75, 3.05) is 13.0 Å². The summed E-state index contributed by atoms with van der Waals surface area (Å²) < 4.78 is 30.7. The predicted molar refractivity (Wildman–Crippen MR) is 147 cm³/mol. The fourth-order valence-electron chi connectivity index (χ4n) is 5.69. The molecule has 1 saturated heterocycles. The minimum atomic E-state index is -3.43. The van der Waals surface area contributed by atoms with Crippen molar-refractivity contribution >= 4 is 19.2 Å². The number of fused-ring (bicyclic) bond motifs is 1. The molecule has 0 radical (unpaired) electrons. The zero-order valence-electron chi connectivity index (χ0n) is 21.8. The molecule has 7 heteroatoms. The van der Waals surface area contributed by atoms with Gasteiger partial charge in [0, 0.05) is 17.0 Å². The summed E-state index contributed by atoms with van der Waals surface area (Å²) in [6.07, 6.45) is 2.93. The minimum absolute atomic E-state index is 0.0103. The summed E-state index contributed by atoms with van der Waals surface area (Å²) in [4.78, 5) is 0. The zero-order valence-corrected chi connectivity index (χ0v) is 23.5. The van der Waals surface area contributed by atoms with Gasteiger partial charge in [-0.2, -0.15) is 0 Å². The van der Waals surface area contributed by atoms with Crippen LogP contribution in [0.1, 0.15) is 71.7 Å². The SMILES string of the molecule is Cc1cc(OC[P@@]2(=O)OCC[C@@H](c3cccc(Cl)c3)O2)cc(C)c1Cc1ccc(O)c2c1CCC2(C)C. The highest BCUT2D eigenvalue weighted by atomic mass is 35.5. The van der Waals surface area contributed by atoms with Gasteiger partial charge in [0.2, 0.25) is 0 Å². The van der Waals surface area contributed by atoms with Gasteiger partial charge in [0.05, 0.1) is 12.7 Å². The maximum atomic E-state index is 13.3. The van der Waals surface area contributed by atoms with E-state index < -0.39 is 7.60 Å². The number of hydrogen-bond acceptors (Lipinski definition) is 5. The normalized spacial score (nSPS) is 22.6. The maximum Gasteiger partial charge on any atom is 0.368 e. The van der Waals surface area contributed by atoms with Crippen molar-refractivity contribution in [1.82, 2.24) is 0 Å². The lowest BCUT2D eigenvalue weighted by atomic mass is 9.84. The molecule has 1 heterocycles. The number of ether oxygens (including phenoxy) is 1. The van der Waals surface area contributed by atoms with Gasteiger partial charge in [0.15, 0.2) is 6.35 Å². The van der Waals surface area contributed by atoms with Crippen molar-refractivity contribution in [2.24, 2.45) is 0 Å². The molecule has 5 rings (SSSR count). The molecule has 196 valence electrons. The third kappa shape index (κ3) is 5.47. The molecular formula is C30H34ClO5P. The molecular weight excluding hydrogens is 507 g/mol. The van der Waals surface area contributed by atoms with Crippen LogP contribution in [0, 0.1) is 13.8 Å². The highest BCUT2D eigenvalue weighted by Gasteiger charge is 2.36. The van der Waals surface area contributed by atoms with Gasteiger partial charge in [-0.3, -0.25) is 9.09 Å². The van der Waals surface area contributed by atoms with Gasteiger partial charge < -0.3 is 14.4 Å². The summed E-state index contributed by atoms with van der Waals surface area (Å²) >= 11 is 6.13. The van der Waals surface area contributed by atoms with Crippen molar-refractivity contribution < 1.29 is 23.5 Å². The van der Waals surface area contributed by atoms with Gasteiger partial charge in [0.1, 0.15) is 11.5 Å². The van der Waals surface area contributed by atoms with E-state index >= 15 is 0 Å². The molecule has 0 amide bonds. The number of aryl methyl sites for hydroxylation is 2. The van der Waals surface area contributed by atoms with Crippen LogP contribution in [0.5, 0.6) is 11.5 Å². The first-order chi connectivity index (χ1) is 17.5. The van der Waals surface area contributed by atoms with Crippen molar-refractivity contribution in [2.45, 2.75) is 64.9 Å². The molecule has 1 N–H and O–H groups in total. The Morgan fingerprint density at radius 3 is 2.62 bits per heavy atom. The molecule has 0 spiro atoms.